The van der Waals surface area contributed by atoms with Crippen molar-refractivity contribution in [2.24, 2.45) is 0 Å². The average molecular weight is 241 g/mol. The molecule has 0 radical (unpaired) electrons. The zero-order valence-electron chi connectivity index (χ0n) is 11.1. The first-order chi connectivity index (χ1) is 8.63. The van der Waals surface area contributed by atoms with E-state index >= 15 is 0 Å². The number of benzene rings is 1. The number of hydrogen-bond donors (Lipinski definition) is 1. The molecule has 0 aliphatic rings. The molecule has 1 aromatic carbocycles. The van der Waals surface area contributed by atoms with Crippen LogP contribution in [0.15, 0.2) is 30.6 Å². The molecule has 0 bridgehead atoms. The first kappa shape index (κ1) is 12.6. The summed E-state index contributed by atoms with van der Waals surface area (Å²) in [6.45, 7) is 6.45. The molecule has 0 unspecified atom stereocenters. The molecule has 0 aliphatic heterocycles. The van der Waals surface area contributed by atoms with Crippen LogP contribution in [0.5, 0.6) is 0 Å². The summed E-state index contributed by atoms with van der Waals surface area (Å²) in [5.41, 5.74) is 10.3. The van der Waals surface area contributed by atoms with Crippen LogP contribution in [0, 0.1) is 0 Å². The van der Waals surface area contributed by atoms with Gasteiger partial charge in [-0.2, -0.15) is 0 Å². The number of anilines is 1. The SMILES string of the molecule is CCc1c(N)ncnc1-c1ccc(C(C)C)cc1. The number of nitrogen functional groups attached to an aromatic ring is 1. The van der Waals surface area contributed by atoms with Gasteiger partial charge in [-0.15, -0.1) is 0 Å². The van der Waals surface area contributed by atoms with E-state index in [9.17, 15) is 0 Å². The lowest BCUT2D eigenvalue weighted by Gasteiger charge is -2.10. The largest absolute Gasteiger partial charge is 0.383 e. The van der Waals surface area contributed by atoms with Crippen LogP contribution in [0.3, 0.4) is 0 Å². The number of hydrogen-bond acceptors (Lipinski definition) is 3. The molecule has 0 saturated carbocycles. The zero-order valence-corrected chi connectivity index (χ0v) is 11.1. The molecule has 0 fully saturated rings. The Morgan fingerprint density at radius 1 is 1.11 bits per heavy atom. The molecule has 0 spiro atoms. The van der Waals surface area contributed by atoms with E-state index in [-0.39, 0.29) is 0 Å². The lowest BCUT2D eigenvalue weighted by molar-refractivity contribution is 0.867. The van der Waals surface area contributed by atoms with Crippen molar-refractivity contribution >= 4 is 5.82 Å². The Bertz CT molecular complexity index is 530. The maximum Gasteiger partial charge on any atom is 0.130 e. The van der Waals surface area contributed by atoms with Crippen molar-refractivity contribution in [1.82, 2.24) is 9.97 Å². The Balaban J connectivity index is 2.46. The van der Waals surface area contributed by atoms with E-state index in [4.69, 9.17) is 5.73 Å². The number of aromatic nitrogens is 2. The minimum absolute atomic E-state index is 0.542. The smallest absolute Gasteiger partial charge is 0.130 e. The number of nitrogens with zero attached hydrogens (tertiary/aromatic N) is 2. The van der Waals surface area contributed by atoms with Crippen molar-refractivity contribution in [3.8, 4) is 11.3 Å². The Labute approximate surface area is 108 Å². The maximum absolute atomic E-state index is 5.90. The minimum Gasteiger partial charge on any atom is -0.383 e. The van der Waals surface area contributed by atoms with E-state index in [2.05, 4.69) is 55.0 Å². The van der Waals surface area contributed by atoms with Gasteiger partial charge in [-0.1, -0.05) is 45.0 Å². The van der Waals surface area contributed by atoms with Crippen molar-refractivity contribution in [3.63, 3.8) is 0 Å². The summed E-state index contributed by atoms with van der Waals surface area (Å²) in [6.07, 6.45) is 2.37. The second-order valence-corrected chi connectivity index (χ2v) is 4.72. The molecule has 3 nitrogen and oxygen atoms in total. The standard InChI is InChI=1S/C15H19N3/c1-4-13-14(17-9-18-15(13)16)12-7-5-11(6-8-12)10(2)3/h5-10H,4H2,1-3H3,(H2,16,17,18). The van der Waals surface area contributed by atoms with E-state index in [1.54, 1.807) is 0 Å². The van der Waals surface area contributed by atoms with Gasteiger partial charge in [0.1, 0.15) is 12.1 Å². The minimum atomic E-state index is 0.542. The highest BCUT2D eigenvalue weighted by molar-refractivity contribution is 5.67. The molecule has 2 aromatic rings. The van der Waals surface area contributed by atoms with Gasteiger partial charge in [-0.05, 0) is 17.9 Å². The summed E-state index contributed by atoms with van der Waals surface area (Å²) in [7, 11) is 0. The van der Waals surface area contributed by atoms with Crippen LogP contribution in [-0.2, 0) is 6.42 Å². The maximum atomic E-state index is 5.90. The predicted molar refractivity (Wildman–Crippen MR) is 75.3 cm³/mol. The third-order valence-corrected chi connectivity index (χ3v) is 3.18. The summed E-state index contributed by atoms with van der Waals surface area (Å²) in [5, 5.41) is 0. The molecule has 2 rings (SSSR count). The lowest BCUT2D eigenvalue weighted by Crippen LogP contribution is -2.01. The Hall–Kier alpha value is -1.90. The second-order valence-electron chi connectivity index (χ2n) is 4.72. The Morgan fingerprint density at radius 2 is 1.78 bits per heavy atom. The summed E-state index contributed by atoms with van der Waals surface area (Å²) in [5.74, 6) is 1.12. The molecule has 3 heteroatoms. The summed E-state index contributed by atoms with van der Waals surface area (Å²) >= 11 is 0. The quantitative estimate of drug-likeness (QED) is 0.895. The first-order valence-corrected chi connectivity index (χ1v) is 6.33. The monoisotopic (exact) mass is 241 g/mol. The van der Waals surface area contributed by atoms with Gasteiger partial charge in [0.05, 0.1) is 5.69 Å². The lowest BCUT2D eigenvalue weighted by atomic mass is 9.99. The Kier molecular flexibility index (Phi) is 3.60. The molecule has 94 valence electrons. The van der Waals surface area contributed by atoms with E-state index in [0.717, 1.165) is 23.2 Å². The van der Waals surface area contributed by atoms with E-state index in [1.807, 2.05) is 0 Å². The summed E-state index contributed by atoms with van der Waals surface area (Å²) in [4.78, 5) is 8.41. The van der Waals surface area contributed by atoms with Crippen LogP contribution in [0.1, 0.15) is 37.8 Å². The van der Waals surface area contributed by atoms with Crippen LogP contribution in [0.2, 0.25) is 0 Å². The van der Waals surface area contributed by atoms with Crippen LogP contribution >= 0.6 is 0 Å². The molecule has 1 heterocycles. The van der Waals surface area contributed by atoms with Gasteiger partial charge in [0.2, 0.25) is 0 Å². The van der Waals surface area contributed by atoms with E-state index < -0.39 is 0 Å². The first-order valence-electron chi connectivity index (χ1n) is 6.33. The summed E-state index contributed by atoms with van der Waals surface area (Å²) < 4.78 is 0. The van der Waals surface area contributed by atoms with Crippen LogP contribution in [0.25, 0.3) is 11.3 Å². The van der Waals surface area contributed by atoms with Crippen molar-refractivity contribution in [1.29, 1.82) is 0 Å². The van der Waals surface area contributed by atoms with Gasteiger partial charge in [0.15, 0.2) is 0 Å². The van der Waals surface area contributed by atoms with Gasteiger partial charge >= 0.3 is 0 Å². The molecule has 18 heavy (non-hydrogen) atoms. The predicted octanol–water partition coefficient (Wildman–Crippen LogP) is 3.41. The van der Waals surface area contributed by atoms with Gasteiger partial charge < -0.3 is 5.73 Å². The fourth-order valence-corrected chi connectivity index (χ4v) is 2.05. The molecule has 0 atom stereocenters. The van der Waals surface area contributed by atoms with Crippen molar-refractivity contribution in [2.45, 2.75) is 33.1 Å². The normalized spacial score (nSPS) is 10.9. The number of rotatable bonds is 3. The highest BCUT2D eigenvalue weighted by Crippen LogP contribution is 2.26. The molecule has 0 amide bonds. The van der Waals surface area contributed by atoms with Crippen molar-refractivity contribution < 1.29 is 0 Å². The molecule has 0 saturated heterocycles. The van der Waals surface area contributed by atoms with E-state index in [0.29, 0.717) is 11.7 Å². The van der Waals surface area contributed by atoms with Gasteiger partial charge in [-0.3, -0.25) is 0 Å². The molecule has 2 N–H and O–H groups in total. The highest BCUT2D eigenvalue weighted by Gasteiger charge is 2.09. The van der Waals surface area contributed by atoms with Gasteiger partial charge in [-0.25, -0.2) is 9.97 Å². The molecule has 1 aromatic heterocycles. The zero-order chi connectivity index (χ0) is 13.1. The fourth-order valence-electron chi connectivity index (χ4n) is 2.05. The van der Waals surface area contributed by atoms with Crippen LogP contribution < -0.4 is 5.73 Å². The Morgan fingerprint density at radius 3 is 2.33 bits per heavy atom. The third kappa shape index (κ3) is 2.35. The topological polar surface area (TPSA) is 51.8 Å². The molecular formula is C15H19N3. The summed E-state index contributed by atoms with van der Waals surface area (Å²) in [6, 6.07) is 8.52. The van der Waals surface area contributed by atoms with Crippen molar-refractivity contribution in [3.05, 3.63) is 41.7 Å². The number of nitrogens with two attached hydrogens (primary N) is 1. The average Bonchev–Trinajstić information content (AvgIpc) is 2.38. The van der Waals surface area contributed by atoms with Gasteiger partial charge in [0, 0.05) is 11.1 Å². The fraction of sp³-hybridized carbons (Fsp3) is 0.333. The third-order valence-electron chi connectivity index (χ3n) is 3.18. The van der Waals surface area contributed by atoms with Crippen LogP contribution in [0.4, 0.5) is 5.82 Å². The van der Waals surface area contributed by atoms with Crippen molar-refractivity contribution in [2.75, 3.05) is 5.73 Å². The van der Waals surface area contributed by atoms with Gasteiger partial charge in [0.25, 0.3) is 0 Å². The second kappa shape index (κ2) is 5.17. The van der Waals surface area contributed by atoms with Crippen LogP contribution in [-0.4, -0.2) is 9.97 Å². The molecule has 0 aliphatic carbocycles. The van der Waals surface area contributed by atoms with E-state index in [1.165, 1.54) is 11.9 Å². The highest BCUT2D eigenvalue weighted by atomic mass is 14.9. The molecular weight excluding hydrogens is 222 g/mol.